The van der Waals surface area contributed by atoms with E-state index < -0.39 is 0 Å². The monoisotopic (exact) mass is 432 g/mol. The van der Waals surface area contributed by atoms with Crippen LogP contribution in [0.25, 0.3) is 0 Å². The summed E-state index contributed by atoms with van der Waals surface area (Å²) in [5, 5.41) is 2.95. The van der Waals surface area contributed by atoms with Gasteiger partial charge in [0.1, 0.15) is 0 Å². The second-order valence-corrected chi connectivity index (χ2v) is 8.14. The molecular weight excluding hydrogens is 404 g/mol. The molecule has 1 fully saturated rings. The number of rotatable bonds is 8. The SMILES string of the molecule is Cc1ccc(CN(C(=O)c2ccco2)c2cccc(CC(=O)NCC3CCCO3)c2)cc1. The molecule has 1 N–H and O–H groups in total. The molecule has 0 saturated carbocycles. The average molecular weight is 433 g/mol. The van der Waals surface area contributed by atoms with Gasteiger partial charge in [0.2, 0.25) is 5.91 Å². The molecule has 32 heavy (non-hydrogen) atoms. The van der Waals surface area contributed by atoms with Crippen molar-refractivity contribution in [3.05, 3.63) is 89.4 Å². The number of hydrogen-bond donors (Lipinski definition) is 1. The van der Waals surface area contributed by atoms with Crippen molar-refractivity contribution in [1.29, 1.82) is 0 Å². The molecule has 4 rings (SSSR count). The zero-order chi connectivity index (χ0) is 22.3. The largest absolute Gasteiger partial charge is 0.459 e. The number of carbonyl (C=O) groups is 2. The number of carbonyl (C=O) groups excluding carboxylic acids is 2. The van der Waals surface area contributed by atoms with E-state index in [1.165, 1.54) is 6.26 Å². The summed E-state index contributed by atoms with van der Waals surface area (Å²) >= 11 is 0. The van der Waals surface area contributed by atoms with Crippen molar-refractivity contribution in [2.75, 3.05) is 18.1 Å². The summed E-state index contributed by atoms with van der Waals surface area (Å²) in [7, 11) is 0. The molecule has 0 spiro atoms. The van der Waals surface area contributed by atoms with Crippen molar-refractivity contribution in [3.63, 3.8) is 0 Å². The van der Waals surface area contributed by atoms with Crippen LogP contribution in [-0.4, -0.2) is 31.1 Å². The fraction of sp³-hybridized carbons (Fsp3) is 0.308. The van der Waals surface area contributed by atoms with Crippen molar-refractivity contribution in [2.45, 2.75) is 38.8 Å². The molecule has 3 aromatic rings. The van der Waals surface area contributed by atoms with Crippen LogP contribution in [0, 0.1) is 6.92 Å². The first-order chi connectivity index (χ1) is 15.6. The molecule has 1 aromatic heterocycles. The number of benzene rings is 2. The molecule has 1 saturated heterocycles. The zero-order valence-corrected chi connectivity index (χ0v) is 18.3. The van der Waals surface area contributed by atoms with Crippen LogP contribution >= 0.6 is 0 Å². The van der Waals surface area contributed by atoms with E-state index in [9.17, 15) is 9.59 Å². The van der Waals surface area contributed by atoms with Crippen molar-refractivity contribution in [3.8, 4) is 0 Å². The Bertz CT molecular complexity index is 1040. The number of nitrogens with one attached hydrogen (secondary N) is 1. The lowest BCUT2D eigenvalue weighted by Crippen LogP contribution is -2.33. The van der Waals surface area contributed by atoms with E-state index in [2.05, 4.69) is 5.32 Å². The third-order valence-corrected chi connectivity index (χ3v) is 5.58. The minimum atomic E-state index is -0.226. The minimum Gasteiger partial charge on any atom is -0.459 e. The van der Waals surface area contributed by atoms with Gasteiger partial charge >= 0.3 is 0 Å². The fourth-order valence-electron chi connectivity index (χ4n) is 3.80. The quantitative estimate of drug-likeness (QED) is 0.577. The van der Waals surface area contributed by atoms with Gasteiger partial charge < -0.3 is 19.4 Å². The average Bonchev–Trinajstić information content (AvgIpc) is 3.51. The Morgan fingerprint density at radius 1 is 1.06 bits per heavy atom. The zero-order valence-electron chi connectivity index (χ0n) is 18.3. The van der Waals surface area contributed by atoms with E-state index in [4.69, 9.17) is 9.15 Å². The maximum Gasteiger partial charge on any atom is 0.294 e. The summed E-state index contributed by atoms with van der Waals surface area (Å²) in [6.07, 6.45) is 3.88. The van der Waals surface area contributed by atoms with Gasteiger partial charge in [-0.05, 0) is 55.2 Å². The lowest BCUT2D eigenvalue weighted by atomic mass is 10.1. The van der Waals surface area contributed by atoms with Crippen LogP contribution in [0.3, 0.4) is 0 Å². The van der Waals surface area contributed by atoms with Crippen LogP contribution in [0.15, 0.2) is 71.3 Å². The summed E-state index contributed by atoms with van der Waals surface area (Å²) in [6.45, 7) is 3.73. The van der Waals surface area contributed by atoms with Crippen molar-refractivity contribution in [1.82, 2.24) is 5.32 Å². The first-order valence-electron chi connectivity index (χ1n) is 11.0. The lowest BCUT2D eigenvalue weighted by molar-refractivity contribution is -0.120. The van der Waals surface area contributed by atoms with E-state index in [-0.39, 0.29) is 30.1 Å². The van der Waals surface area contributed by atoms with Crippen LogP contribution in [0.1, 0.15) is 40.1 Å². The molecule has 2 aromatic carbocycles. The number of ether oxygens (including phenoxy) is 1. The third-order valence-electron chi connectivity index (χ3n) is 5.58. The highest BCUT2D eigenvalue weighted by molar-refractivity contribution is 6.04. The first kappa shape index (κ1) is 21.8. The molecule has 1 atom stereocenters. The summed E-state index contributed by atoms with van der Waals surface area (Å²) in [4.78, 5) is 27.3. The molecule has 166 valence electrons. The van der Waals surface area contributed by atoms with Crippen LogP contribution in [0.2, 0.25) is 0 Å². The van der Waals surface area contributed by atoms with E-state index in [0.29, 0.717) is 13.1 Å². The van der Waals surface area contributed by atoms with Crippen LogP contribution in [0.5, 0.6) is 0 Å². The molecule has 1 unspecified atom stereocenters. The standard InChI is InChI=1S/C26H28N2O4/c1-19-9-11-20(12-10-19)18-28(26(30)24-8-4-14-32-24)22-6-2-5-21(15-22)16-25(29)27-17-23-7-3-13-31-23/h2,4-6,8-12,14-15,23H,3,7,13,16-18H2,1H3,(H,27,29). The third kappa shape index (κ3) is 5.65. The van der Waals surface area contributed by atoms with E-state index in [1.807, 2.05) is 55.5 Å². The number of furan rings is 1. The number of anilines is 1. The number of amides is 2. The van der Waals surface area contributed by atoms with Crippen LogP contribution < -0.4 is 10.2 Å². The molecule has 0 radical (unpaired) electrons. The summed E-state index contributed by atoms with van der Waals surface area (Å²) in [6, 6.07) is 19.0. The summed E-state index contributed by atoms with van der Waals surface area (Å²) in [5.74, 6) is -0.00697. The van der Waals surface area contributed by atoms with E-state index in [1.54, 1.807) is 17.0 Å². The molecule has 6 nitrogen and oxygen atoms in total. The highest BCUT2D eigenvalue weighted by Gasteiger charge is 2.21. The Kier molecular flexibility index (Phi) is 7.02. The molecule has 0 aliphatic carbocycles. The van der Waals surface area contributed by atoms with Gasteiger partial charge in [-0.1, -0.05) is 42.0 Å². The predicted octanol–water partition coefficient (Wildman–Crippen LogP) is 4.27. The van der Waals surface area contributed by atoms with Gasteiger partial charge in [-0.25, -0.2) is 0 Å². The van der Waals surface area contributed by atoms with E-state index in [0.717, 1.165) is 41.8 Å². The van der Waals surface area contributed by atoms with Gasteiger partial charge in [0.25, 0.3) is 5.91 Å². The Hall–Kier alpha value is -3.38. The van der Waals surface area contributed by atoms with Gasteiger partial charge in [-0.2, -0.15) is 0 Å². The lowest BCUT2D eigenvalue weighted by Gasteiger charge is -2.23. The molecular formula is C26H28N2O4. The maximum atomic E-state index is 13.2. The summed E-state index contributed by atoms with van der Waals surface area (Å²) in [5.41, 5.74) is 3.73. The highest BCUT2D eigenvalue weighted by atomic mass is 16.5. The van der Waals surface area contributed by atoms with Gasteiger partial charge in [-0.15, -0.1) is 0 Å². The molecule has 2 heterocycles. The van der Waals surface area contributed by atoms with Crippen LogP contribution in [-0.2, 0) is 22.5 Å². The van der Waals surface area contributed by atoms with E-state index >= 15 is 0 Å². The number of hydrogen-bond acceptors (Lipinski definition) is 4. The first-order valence-corrected chi connectivity index (χ1v) is 11.0. The van der Waals surface area contributed by atoms with Gasteiger partial charge in [0.15, 0.2) is 5.76 Å². The molecule has 6 heteroatoms. The van der Waals surface area contributed by atoms with Crippen molar-refractivity contribution >= 4 is 17.5 Å². The molecule has 1 aliphatic heterocycles. The Morgan fingerprint density at radius 2 is 1.91 bits per heavy atom. The fourth-order valence-corrected chi connectivity index (χ4v) is 3.80. The van der Waals surface area contributed by atoms with Crippen molar-refractivity contribution in [2.24, 2.45) is 0 Å². The van der Waals surface area contributed by atoms with Gasteiger partial charge in [0.05, 0.1) is 25.3 Å². The number of aryl methyl sites for hydroxylation is 1. The number of nitrogens with zero attached hydrogens (tertiary/aromatic N) is 1. The Balaban J connectivity index is 1.50. The maximum absolute atomic E-state index is 13.2. The molecule has 0 bridgehead atoms. The second-order valence-electron chi connectivity index (χ2n) is 8.14. The minimum absolute atomic E-state index is 0.0555. The Labute approximate surface area is 188 Å². The van der Waals surface area contributed by atoms with Crippen molar-refractivity contribution < 1.29 is 18.7 Å². The molecule has 1 aliphatic rings. The predicted molar refractivity (Wildman–Crippen MR) is 123 cm³/mol. The summed E-state index contributed by atoms with van der Waals surface area (Å²) < 4.78 is 10.9. The molecule has 2 amide bonds. The second kappa shape index (κ2) is 10.3. The van der Waals surface area contributed by atoms with Crippen LogP contribution in [0.4, 0.5) is 5.69 Å². The smallest absolute Gasteiger partial charge is 0.294 e. The highest BCUT2D eigenvalue weighted by Crippen LogP contribution is 2.22. The topological polar surface area (TPSA) is 71.8 Å². The van der Waals surface area contributed by atoms with Gasteiger partial charge in [-0.3, -0.25) is 9.59 Å². The Morgan fingerprint density at radius 3 is 2.62 bits per heavy atom. The van der Waals surface area contributed by atoms with Gasteiger partial charge in [0, 0.05) is 18.8 Å². The normalized spacial score (nSPS) is 15.5.